The maximum Gasteiger partial charge on any atom is 0.193 e. The lowest BCUT2D eigenvalue weighted by molar-refractivity contribution is 0.103. The molecule has 120 valence electrons. The highest BCUT2D eigenvalue weighted by Gasteiger charge is 2.20. The number of carbonyl (C=O) groups is 1. The van der Waals surface area contributed by atoms with Gasteiger partial charge in [-0.15, -0.1) is 0 Å². The summed E-state index contributed by atoms with van der Waals surface area (Å²) >= 11 is 0. The smallest absolute Gasteiger partial charge is 0.193 e. The van der Waals surface area contributed by atoms with Crippen LogP contribution in [0.5, 0.6) is 0 Å². The van der Waals surface area contributed by atoms with E-state index in [1.54, 1.807) is 0 Å². The molecular formula is C23H22O. The van der Waals surface area contributed by atoms with E-state index in [1.165, 1.54) is 16.7 Å². The van der Waals surface area contributed by atoms with Crippen molar-refractivity contribution >= 4 is 5.78 Å². The van der Waals surface area contributed by atoms with Crippen LogP contribution in [0.1, 0.15) is 38.2 Å². The molecule has 0 atom stereocenters. The summed E-state index contributed by atoms with van der Waals surface area (Å²) in [6.45, 7) is 8.35. The zero-order valence-corrected chi connectivity index (χ0v) is 14.7. The van der Waals surface area contributed by atoms with E-state index in [1.807, 2.05) is 42.5 Å². The number of benzene rings is 3. The summed E-state index contributed by atoms with van der Waals surface area (Å²) in [6, 6.07) is 19.9. The Kier molecular flexibility index (Phi) is 4.35. The molecule has 0 saturated carbocycles. The summed E-state index contributed by atoms with van der Waals surface area (Å²) in [5.41, 5.74) is 8.37. The van der Waals surface area contributed by atoms with Crippen LogP contribution >= 0.6 is 0 Å². The van der Waals surface area contributed by atoms with Crippen LogP contribution in [0.15, 0.2) is 60.7 Å². The van der Waals surface area contributed by atoms with Crippen LogP contribution < -0.4 is 0 Å². The van der Waals surface area contributed by atoms with Crippen molar-refractivity contribution in [2.75, 3.05) is 0 Å². The van der Waals surface area contributed by atoms with Crippen molar-refractivity contribution in [2.45, 2.75) is 27.7 Å². The van der Waals surface area contributed by atoms with E-state index in [-0.39, 0.29) is 5.78 Å². The Balaban J connectivity index is 2.31. The molecule has 3 rings (SSSR count). The first-order valence-electron chi connectivity index (χ1n) is 8.27. The fourth-order valence-electron chi connectivity index (χ4n) is 3.20. The van der Waals surface area contributed by atoms with E-state index in [0.29, 0.717) is 0 Å². The van der Waals surface area contributed by atoms with E-state index in [4.69, 9.17) is 0 Å². The number of hydrogen-bond donors (Lipinski definition) is 0. The van der Waals surface area contributed by atoms with Crippen molar-refractivity contribution in [3.8, 4) is 11.1 Å². The van der Waals surface area contributed by atoms with E-state index in [2.05, 4.69) is 45.9 Å². The minimum Gasteiger partial charge on any atom is -0.289 e. The molecule has 0 aliphatic rings. The first-order chi connectivity index (χ1) is 11.5. The van der Waals surface area contributed by atoms with Gasteiger partial charge in [-0.05, 0) is 61.1 Å². The van der Waals surface area contributed by atoms with Crippen molar-refractivity contribution in [1.82, 2.24) is 0 Å². The zero-order chi connectivity index (χ0) is 17.3. The van der Waals surface area contributed by atoms with E-state index in [9.17, 15) is 4.79 Å². The van der Waals surface area contributed by atoms with Gasteiger partial charge >= 0.3 is 0 Å². The first kappa shape index (κ1) is 16.2. The van der Waals surface area contributed by atoms with Crippen LogP contribution in [0.25, 0.3) is 11.1 Å². The molecular weight excluding hydrogens is 292 g/mol. The molecule has 3 aromatic rings. The summed E-state index contributed by atoms with van der Waals surface area (Å²) in [7, 11) is 0. The fourth-order valence-corrected chi connectivity index (χ4v) is 3.20. The Labute approximate surface area is 144 Å². The Morgan fingerprint density at radius 2 is 1.29 bits per heavy atom. The Morgan fingerprint density at radius 1 is 0.667 bits per heavy atom. The van der Waals surface area contributed by atoms with Crippen molar-refractivity contribution in [2.24, 2.45) is 0 Å². The molecule has 0 amide bonds. The first-order valence-corrected chi connectivity index (χ1v) is 8.27. The van der Waals surface area contributed by atoms with Crippen LogP contribution in [0.2, 0.25) is 0 Å². The Bertz CT molecular complexity index is 905. The van der Waals surface area contributed by atoms with Crippen molar-refractivity contribution in [1.29, 1.82) is 0 Å². The van der Waals surface area contributed by atoms with Crippen LogP contribution in [0.3, 0.4) is 0 Å². The van der Waals surface area contributed by atoms with Gasteiger partial charge in [0.25, 0.3) is 0 Å². The predicted molar refractivity (Wildman–Crippen MR) is 101 cm³/mol. The Morgan fingerprint density at radius 3 is 1.96 bits per heavy atom. The number of hydrogen-bond acceptors (Lipinski definition) is 1. The predicted octanol–water partition coefficient (Wildman–Crippen LogP) is 5.82. The SMILES string of the molecule is Cc1ccccc1-c1cc(C)c(C)c(C)c1C(=O)c1ccccc1. The second-order valence-corrected chi connectivity index (χ2v) is 6.38. The lowest BCUT2D eigenvalue weighted by atomic mass is 9.85. The molecule has 0 fully saturated rings. The minimum absolute atomic E-state index is 0.0921. The third-order valence-electron chi connectivity index (χ3n) is 4.86. The van der Waals surface area contributed by atoms with E-state index >= 15 is 0 Å². The summed E-state index contributed by atoms with van der Waals surface area (Å²) < 4.78 is 0. The molecule has 0 bridgehead atoms. The maximum absolute atomic E-state index is 13.2. The molecule has 0 unspecified atom stereocenters. The van der Waals surface area contributed by atoms with Gasteiger partial charge in [-0.1, -0.05) is 60.7 Å². The molecule has 0 saturated heterocycles. The van der Waals surface area contributed by atoms with Crippen molar-refractivity contribution in [3.63, 3.8) is 0 Å². The minimum atomic E-state index is 0.0921. The van der Waals surface area contributed by atoms with Crippen molar-refractivity contribution in [3.05, 3.63) is 94.0 Å². The van der Waals surface area contributed by atoms with Crippen LogP contribution in [-0.4, -0.2) is 5.78 Å². The van der Waals surface area contributed by atoms with Crippen LogP contribution in [0.4, 0.5) is 0 Å². The van der Waals surface area contributed by atoms with E-state index < -0.39 is 0 Å². The van der Waals surface area contributed by atoms with Crippen LogP contribution in [0, 0.1) is 27.7 Å². The fraction of sp³-hybridized carbons (Fsp3) is 0.174. The number of carbonyl (C=O) groups excluding carboxylic acids is 1. The molecule has 3 aromatic carbocycles. The van der Waals surface area contributed by atoms with Crippen LogP contribution in [-0.2, 0) is 0 Å². The molecule has 0 aliphatic heterocycles. The highest BCUT2D eigenvalue weighted by atomic mass is 16.1. The molecule has 0 heterocycles. The number of rotatable bonds is 3. The molecule has 0 spiro atoms. The summed E-state index contributed by atoms with van der Waals surface area (Å²) in [5, 5.41) is 0. The summed E-state index contributed by atoms with van der Waals surface area (Å²) in [6.07, 6.45) is 0. The molecule has 1 nitrogen and oxygen atoms in total. The van der Waals surface area contributed by atoms with Gasteiger partial charge in [0.15, 0.2) is 5.78 Å². The molecule has 0 aromatic heterocycles. The number of ketones is 1. The van der Waals surface area contributed by atoms with Crippen molar-refractivity contribution < 1.29 is 4.79 Å². The topological polar surface area (TPSA) is 17.1 Å². The highest BCUT2D eigenvalue weighted by Crippen LogP contribution is 2.33. The van der Waals surface area contributed by atoms with Gasteiger partial charge < -0.3 is 0 Å². The zero-order valence-electron chi connectivity index (χ0n) is 14.7. The maximum atomic E-state index is 13.2. The summed E-state index contributed by atoms with van der Waals surface area (Å²) in [4.78, 5) is 13.2. The van der Waals surface area contributed by atoms with Gasteiger partial charge in [0.2, 0.25) is 0 Å². The molecule has 0 aliphatic carbocycles. The quantitative estimate of drug-likeness (QED) is 0.557. The van der Waals surface area contributed by atoms with Gasteiger partial charge in [-0.3, -0.25) is 4.79 Å². The second-order valence-electron chi connectivity index (χ2n) is 6.38. The Hall–Kier alpha value is -2.67. The lowest BCUT2D eigenvalue weighted by Crippen LogP contribution is -2.09. The summed E-state index contributed by atoms with van der Waals surface area (Å²) in [5.74, 6) is 0.0921. The van der Waals surface area contributed by atoms with Gasteiger partial charge in [0.05, 0.1) is 0 Å². The highest BCUT2D eigenvalue weighted by molar-refractivity contribution is 6.14. The monoisotopic (exact) mass is 314 g/mol. The largest absolute Gasteiger partial charge is 0.289 e. The van der Waals surface area contributed by atoms with E-state index in [0.717, 1.165) is 27.8 Å². The molecule has 24 heavy (non-hydrogen) atoms. The molecule has 0 radical (unpaired) electrons. The average Bonchev–Trinajstić information content (AvgIpc) is 2.60. The van der Waals surface area contributed by atoms with Gasteiger partial charge in [0, 0.05) is 11.1 Å². The van der Waals surface area contributed by atoms with Gasteiger partial charge in [0.1, 0.15) is 0 Å². The third-order valence-corrected chi connectivity index (χ3v) is 4.86. The standard InChI is InChI=1S/C23H22O/c1-15-10-8-9-13-20(15)21-14-16(2)17(3)18(4)22(21)23(24)19-11-6-5-7-12-19/h5-14H,1-4H3. The van der Waals surface area contributed by atoms with Gasteiger partial charge in [-0.25, -0.2) is 0 Å². The lowest BCUT2D eigenvalue weighted by Gasteiger charge is -2.18. The second kappa shape index (κ2) is 6.45. The normalized spacial score (nSPS) is 10.7. The van der Waals surface area contributed by atoms with Gasteiger partial charge in [-0.2, -0.15) is 0 Å². The molecule has 0 N–H and O–H groups in total. The number of aryl methyl sites for hydroxylation is 2. The third kappa shape index (κ3) is 2.78. The molecule has 1 heteroatoms. The average molecular weight is 314 g/mol.